The SMILES string of the molecule is CNS(=O)(=O)Cc1ccc(CNC(=O)c2cc(SC)ccc2C)cc1. The minimum atomic E-state index is -3.28. The molecule has 0 spiro atoms. The Bertz CT molecular complexity index is 847. The van der Waals surface area contributed by atoms with Gasteiger partial charge >= 0.3 is 0 Å². The van der Waals surface area contributed by atoms with Crippen molar-refractivity contribution in [2.24, 2.45) is 0 Å². The summed E-state index contributed by atoms with van der Waals surface area (Å²) in [5.74, 6) is -0.174. The zero-order valence-electron chi connectivity index (χ0n) is 14.5. The number of carbonyl (C=O) groups excluding carboxylic acids is 1. The Morgan fingerprint density at radius 3 is 2.32 bits per heavy atom. The maximum absolute atomic E-state index is 12.4. The first kappa shape index (κ1) is 19.5. The molecule has 0 unspecified atom stereocenters. The maximum Gasteiger partial charge on any atom is 0.251 e. The zero-order valence-corrected chi connectivity index (χ0v) is 16.1. The summed E-state index contributed by atoms with van der Waals surface area (Å²) in [5.41, 5.74) is 3.22. The number of sulfonamides is 1. The highest BCUT2D eigenvalue weighted by Crippen LogP contribution is 2.19. The third-order valence-corrected chi connectivity index (χ3v) is 5.89. The van der Waals surface area contributed by atoms with Crippen LogP contribution in [0.2, 0.25) is 0 Å². The van der Waals surface area contributed by atoms with E-state index >= 15 is 0 Å². The average Bonchev–Trinajstić information content (AvgIpc) is 2.61. The van der Waals surface area contributed by atoms with Gasteiger partial charge in [0.1, 0.15) is 0 Å². The second-order valence-corrected chi connectivity index (χ2v) is 8.45. The van der Waals surface area contributed by atoms with Gasteiger partial charge in [-0.15, -0.1) is 11.8 Å². The molecule has 1 amide bonds. The van der Waals surface area contributed by atoms with Gasteiger partial charge in [-0.2, -0.15) is 0 Å². The first-order valence-corrected chi connectivity index (χ1v) is 10.6. The van der Waals surface area contributed by atoms with E-state index in [0.717, 1.165) is 16.0 Å². The highest BCUT2D eigenvalue weighted by Gasteiger charge is 2.11. The average molecular weight is 379 g/mol. The fraction of sp³-hybridized carbons (Fsp3) is 0.278. The van der Waals surface area contributed by atoms with Crippen molar-refractivity contribution in [1.29, 1.82) is 0 Å². The summed E-state index contributed by atoms with van der Waals surface area (Å²) in [6, 6.07) is 13.0. The van der Waals surface area contributed by atoms with Gasteiger partial charge in [-0.05, 0) is 49.1 Å². The van der Waals surface area contributed by atoms with Crippen LogP contribution >= 0.6 is 11.8 Å². The van der Waals surface area contributed by atoms with Crippen LogP contribution in [0.25, 0.3) is 0 Å². The van der Waals surface area contributed by atoms with E-state index in [2.05, 4.69) is 10.0 Å². The lowest BCUT2D eigenvalue weighted by Crippen LogP contribution is -2.23. The number of benzene rings is 2. The highest BCUT2D eigenvalue weighted by molar-refractivity contribution is 7.98. The lowest BCUT2D eigenvalue weighted by Gasteiger charge is -2.10. The summed E-state index contributed by atoms with van der Waals surface area (Å²) in [6.45, 7) is 2.30. The van der Waals surface area contributed by atoms with Crippen molar-refractivity contribution in [3.63, 3.8) is 0 Å². The number of carbonyl (C=O) groups is 1. The van der Waals surface area contributed by atoms with Crippen molar-refractivity contribution >= 4 is 27.7 Å². The zero-order chi connectivity index (χ0) is 18.4. The molecular weight excluding hydrogens is 356 g/mol. The molecule has 2 aromatic rings. The third-order valence-electron chi connectivity index (χ3n) is 3.83. The lowest BCUT2D eigenvalue weighted by atomic mass is 10.1. The minimum Gasteiger partial charge on any atom is -0.348 e. The van der Waals surface area contributed by atoms with E-state index in [1.807, 2.05) is 43.5 Å². The van der Waals surface area contributed by atoms with Crippen LogP contribution in [0.5, 0.6) is 0 Å². The van der Waals surface area contributed by atoms with E-state index in [0.29, 0.717) is 17.7 Å². The third kappa shape index (κ3) is 5.59. The van der Waals surface area contributed by atoms with E-state index in [1.54, 1.807) is 23.9 Å². The van der Waals surface area contributed by atoms with Crippen LogP contribution in [0.4, 0.5) is 0 Å². The Labute approximate surface area is 153 Å². The molecule has 7 heteroatoms. The molecule has 25 heavy (non-hydrogen) atoms. The molecule has 0 aromatic heterocycles. The molecule has 5 nitrogen and oxygen atoms in total. The molecule has 2 N–H and O–H groups in total. The smallest absolute Gasteiger partial charge is 0.251 e. The van der Waals surface area contributed by atoms with Gasteiger partial charge < -0.3 is 5.32 Å². The first-order valence-electron chi connectivity index (χ1n) is 7.76. The number of amides is 1. The normalized spacial score (nSPS) is 11.3. The fourth-order valence-electron chi connectivity index (χ4n) is 2.30. The molecule has 0 aliphatic heterocycles. The van der Waals surface area contributed by atoms with E-state index in [1.165, 1.54) is 7.05 Å². The van der Waals surface area contributed by atoms with Crippen molar-refractivity contribution in [3.05, 3.63) is 64.7 Å². The van der Waals surface area contributed by atoms with Gasteiger partial charge in [-0.1, -0.05) is 30.3 Å². The Morgan fingerprint density at radius 1 is 1.08 bits per heavy atom. The lowest BCUT2D eigenvalue weighted by molar-refractivity contribution is 0.0950. The number of rotatable bonds is 7. The largest absolute Gasteiger partial charge is 0.348 e. The maximum atomic E-state index is 12.4. The van der Waals surface area contributed by atoms with Crippen molar-refractivity contribution in [3.8, 4) is 0 Å². The van der Waals surface area contributed by atoms with Gasteiger partial charge in [-0.25, -0.2) is 13.1 Å². The molecule has 0 saturated carbocycles. The Kier molecular flexibility index (Phi) is 6.64. The second-order valence-electron chi connectivity index (χ2n) is 5.64. The Hall–Kier alpha value is -1.83. The molecule has 0 radical (unpaired) electrons. The predicted octanol–water partition coefficient (Wildman–Crippen LogP) is 2.70. The summed E-state index contributed by atoms with van der Waals surface area (Å²) in [4.78, 5) is 13.4. The van der Waals surface area contributed by atoms with Crippen molar-refractivity contribution in [1.82, 2.24) is 10.0 Å². The summed E-state index contributed by atoms with van der Waals surface area (Å²) in [7, 11) is -1.88. The van der Waals surface area contributed by atoms with Gasteiger partial charge in [0, 0.05) is 17.0 Å². The summed E-state index contributed by atoms with van der Waals surface area (Å²) >= 11 is 1.60. The molecule has 2 aromatic carbocycles. The van der Waals surface area contributed by atoms with Crippen LogP contribution in [0.15, 0.2) is 47.4 Å². The molecule has 0 aliphatic carbocycles. The Morgan fingerprint density at radius 2 is 1.72 bits per heavy atom. The van der Waals surface area contributed by atoms with Crippen LogP contribution in [0.3, 0.4) is 0 Å². The highest BCUT2D eigenvalue weighted by atomic mass is 32.2. The van der Waals surface area contributed by atoms with Crippen molar-refractivity contribution in [2.45, 2.75) is 24.1 Å². The summed E-state index contributed by atoms with van der Waals surface area (Å²) in [5, 5.41) is 2.91. The van der Waals surface area contributed by atoms with E-state index in [-0.39, 0.29) is 11.7 Å². The van der Waals surface area contributed by atoms with Crippen molar-refractivity contribution < 1.29 is 13.2 Å². The van der Waals surface area contributed by atoms with Crippen molar-refractivity contribution in [2.75, 3.05) is 13.3 Å². The number of hydrogen-bond acceptors (Lipinski definition) is 4. The molecule has 0 atom stereocenters. The summed E-state index contributed by atoms with van der Waals surface area (Å²) in [6.07, 6.45) is 1.97. The van der Waals surface area contributed by atoms with Gasteiger partial charge in [0.15, 0.2) is 0 Å². The monoisotopic (exact) mass is 378 g/mol. The molecule has 134 valence electrons. The molecular formula is C18H22N2O3S2. The molecule has 0 aliphatic rings. The topological polar surface area (TPSA) is 75.3 Å². The first-order chi connectivity index (χ1) is 11.8. The van der Waals surface area contributed by atoms with Crippen LogP contribution in [0, 0.1) is 6.92 Å². The van der Waals surface area contributed by atoms with Gasteiger partial charge in [0.05, 0.1) is 5.75 Å². The molecule has 0 fully saturated rings. The van der Waals surface area contributed by atoms with Gasteiger partial charge in [-0.3, -0.25) is 4.79 Å². The van der Waals surface area contributed by atoms with E-state index < -0.39 is 10.0 Å². The summed E-state index contributed by atoms with van der Waals surface area (Å²) < 4.78 is 25.4. The van der Waals surface area contributed by atoms with Gasteiger partial charge in [0.25, 0.3) is 5.91 Å². The standard InChI is InChI=1S/C18H22N2O3S2/c1-13-4-9-16(24-3)10-17(13)18(21)20-11-14-5-7-15(8-6-14)12-25(22,23)19-2/h4-10,19H,11-12H2,1-3H3,(H,20,21). The van der Waals surface area contributed by atoms with E-state index in [9.17, 15) is 13.2 Å². The molecule has 0 bridgehead atoms. The number of thioether (sulfide) groups is 1. The second kappa shape index (κ2) is 8.51. The van der Waals surface area contributed by atoms with Gasteiger partial charge in [0.2, 0.25) is 10.0 Å². The molecule has 0 heterocycles. The number of hydrogen-bond donors (Lipinski definition) is 2. The fourth-order valence-corrected chi connectivity index (χ4v) is 3.51. The number of nitrogens with one attached hydrogen (secondary N) is 2. The molecule has 0 saturated heterocycles. The van der Waals surface area contributed by atoms with Crippen LogP contribution in [-0.2, 0) is 22.3 Å². The quantitative estimate of drug-likeness (QED) is 0.727. The van der Waals surface area contributed by atoms with Crippen LogP contribution in [-0.4, -0.2) is 27.6 Å². The van der Waals surface area contributed by atoms with Crippen LogP contribution in [0.1, 0.15) is 27.0 Å². The minimum absolute atomic E-state index is 0.0587. The van der Waals surface area contributed by atoms with Crippen LogP contribution < -0.4 is 10.0 Å². The van der Waals surface area contributed by atoms with E-state index in [4.69, 9.17) is 0 Å². The molecule has 2 rings (SSSR count). The Balaban J connectivity index is 2.00. The number of aryl methyl sites for hydroxylation is 1. The predicted molar refractivity (Wildman–Crippen MR) is 102 cm³/mol.